The summed E-state index contributed by atoms with van der Waals surface area (Å²) in [7, 11) is 0. The molecule has 2 N–H and O–H groups in total. The highest BCUT2D eigenvalue weighted by atomic mass is 35.5. The molecule has 4 nitrogen and oxygen atoms in total. The molecule has 1 aromatic heterocycles. The van der Waals surface area contributed by atoms with E-state index in [0.717, 1.165) is 43.7 Å². The van der Waals surface area contributed by atoms with Gasteiger partial charge >= 0.3 is 0 Å². The van der Waals surface area contributed by atoms with Gasteiger partial charge in [0, 0.05) is 16.5 Å². The van der Waals surface area contributed by atoms with E-state index in [1.807, 2.05) is 24.3 Å². The molecule has 3 rings (SSSR count). The second-order valence-corrected chi connectivity index (χ2v) is 5.86. The van der Waals surface area contributed by atoms with Crippen LogP contribution in [0.4, 0.5) is 0 Å². The third-order valence-corrected chi connectivity index (χ3v) is 4.29. The highest BCUT2D eigenvalue weighted by molar-refractivity contribution is 6.30. The molecule has 20 heavy (non-hydrogen) atoms. The average molecular weight is 292 g/mol. The van der Waals surface area contributed by atoms with E-state index >= 15 is 0 Å². The van der Waals surface area contributed by atoms with Crippen LogP contribution >= 0.6 is 11.6 Å². The molecule has 0 bridgehead atoms. The number of rotatable bonds is 3. The summed E-state index contributed by atoms with van der Waals surface area (Å²) in [5.74, 6) is 2.39. The van der Waals surface area contributed by atoms with Crippen molar-refractivity contribution >= 4 is 11.6 Å². The van der Waals surface area contributed by atoms with Crippen molar-refractivity contribution in [3.8, 4) is 11.4 Å². The molecule has 1 aliphatic carbocycles. The maximum absolute atomic E-state index is 5.98. The van der Waals surface area contributed by atoms with Crippen LogP contribution in [0.5, 0.6) is 0 Å². The second kappa shape index (κ2) is 5.94. The van der Waals surface area contributed by atoms with Gasteiger partial charge in [-0.3, -0.25) is 0 Å². The number of hydrogen-bond acceptors (Lipinski definition) is 4. The van der Waals surface area contributed by atoms with Gasteiger partial charge in [-0.2, -0.15) is 4.98 Å². The molecule has 1 heterocycles. The summed E-state index contributed by atoms with van der Waals surface area (Å²) in [6.07, 6.45) is 4.46. The minimum Gasteiger partial charge on any atom is -0.339 e. The minimum absolute atomic E-state index is 0.373. The Labute approximate surface area is 123 Å². The van der Waals surface area contributed by atoms with Gasteiger partial charge in [0.15, 0.2) is 0 Å². The molecule has 0 unspecified atom stereocenters. The summed E-state index contributed by atoms with van der Waals surface area (Å²) in [6.45, 7) is 0.782. The van der Waals surface area contributed by atoms with E-state index in [9.17, 15) is 0 Å². The molecule has 0 radical (unpaired) electrons. The van der Waals surface area contributed by atoms with Crippen molar-refractivity contribution in [2.24, 2.45) is 11.7 Å². The number of nitrogens with two attached hydrogens (primary N) is 1. The molecule has 0 atom stereocenters. The van der Waals surface area contributed by atoms with Gasteiger partial charge in [0.05, 0.1) is 0 Å². The highest BCUT2D eigenvalue weighted by Gasteiger charge is 2.25. The van der Waals surface area contributed by atoms with Gasteiger partial charge in [-0.15, -0.1) is 0 Å². The Balaban J connectivity index is 1.74. The highest BCUT2D eigenvalue weighted by Crippen LogP contribution is 2.35. The van der Waals surface area contributed by atoms with Crippen LogP contribution in [0.2, 0.25) is 5.02 Å². The standard InChI is InChI=1S/C15H18ClN3O/c16-13-3-1-2-12(8-13)14-18-15(20-19-14)11-6-4-10(9-17)5-7-11/h1-3,8,10-11H,4-7,9,17H2. The Hall–Kier alpha value is -1.39. The molecule has 0 amide bonds. The minimum atomic E-state index is 0.373. The normalized spacial score (nSPS) is 22.9. The van der Waals surface area contributed by atoms with Crippen LogP contribution in [0.1, 0.15) is 37.5 Å². The van der Waals surface area contributed by atoms with Crippen LogP contribution in [-0.2, 0) is 0 Å². The summed E-state index contributed by atoms with van der Waals surface area (Å²) in [6, 6.07) is 7.51. The zero-order chi connectivity index (χ0) is 13.9. The number of nitrogens with zero attached hydrogens (tertiary/aromatic N) is 2. The molecule has 0 spiro atoms. The fraction of sp³-hybridized carbons (Fsp3) is 0.467. The van der Waals surface area contributed by atoms with Crippen molar-refractivity contribution in [3.05, 3.63) is 35.2 Å². The largest absolute Gasteiger partial charge is 0.339 e. The van der Waals surface area contributed by atoms with Crippen molar-refractivity contribution in [2.45, 2.75) is 31.6 Å². The van der Waals surface area contributed by atoms with Crippen molar-refractivity contribution in [1.82, 2.24) is 10.1 Å². The van der Waals surface area contributed by atoms with E-state index < -0.39 is 0 Å². The zero-order valence-electron chi connectivity index (χ0n) is 11.3. The molecule has 1 saturated carbocycles. The van der Waals surface area contributed by atoms with Crippen LogP contribution < -0.4 is 5.73 Å². The van der Waals surface area contributed by atoms with E-state index in [1.54, 1.807) is 0 Å². The number of aromatic nitrogens is 2. The lowest BCUT2D eigenvalue weighted by Crippen LogP contribution is -2.20. The Morgan fingerprint density at radius 3 is 2.75 bits per heavy atom. The first-order valence-corrected chi connectivity index (χ1v) is 7.43. The third kappa shape index (κ3) is 2.86. The molecule has 1 fully saturated rings. The van der Waals surface area contributed by atoms with Crippen LogP contribution in [0.15, 0.2) is 28.8 Å². The van der Waals surface area contributed by atoms with Crippen LogP contribution in [0.3, 0.4) is 0 Å². The van der Waals surface area contributed by atoms with E-state index in [2.05, 4.69) is 10.1 Å². The van der Waals surface area contributed by atoms with Gasteiger partial charge in [0.2, 0.25) is 11.7 Å². The molecule has 2 aromatic rings. The maximum atomic E-state index is 5.98. The van der Waals surface area contributed by atoms with Crippen LogP contribution in [0, 0.1) is 5.92 Å². The summed E-state index contributed by atoms with van der Waals surface area (Å²) in [5, 5.41) is 4.75. The molecule has 1 aliphatic rings. The van der Waals surface area contributed by atoms with Crippen molar-refractivity contribution in [1.29, 1.82) is 0 Å². The van der Waals surface area contributed by atoms with E-state index in [-0.39, 0.29) is 0 Å². The van der Waals surface area contributed by atoms with Gasteiger partial charge in [0.25, 0.3) is 0 Å². The number of halogens is 1. The third-order valence-electron chi connectivity index (χ3n) is 4.05. The maximum Gasteiger partial charge on any atom is 0.230 e. The van der Waals surface area contributed by atoms with Gasteiger partial charge in [0.1, 0.15) is 0 Å². The molecular formula is C15H18ClN3O. The Kier molecular flexibility index (Phi) is 4.03. The molecule has 106 valence electrons. The number of benzene rings is 1. The molecular weight excluding hydrogens is 274 g/mol. The van der Waals surface area contributed by atoms with Gasteiger partial charge in [-0.1, -0.05) is 28.9 Å². The molecule has 1 aromatic carbocycles. The van der Waals surface area contributed by atoms with E-state index in [4.69, 9.17) is 21.9 Å². The quantitative estimate of drug-likeness (QED) is 0.938. The van der Waals surface area contributed by atoms with E-state index in [0.29, 0.717) is 22.7 Å². The average Bonchev–Trinajstić information content (AvgIpc) is 2.97. The Morgan fingerprint density at radius 1 is 1.25 bits per heavy atom. The fourth-order valence-corrected chi connectivity index (χ4v) is 2.98. The fourth-order valence-electron chi connectivity index (χ4n) is 2.79. The lowest BCUT2D eigenvalue weighted by Gasteiger charge is -2.24. The summed E-state index contributed by atoms with van der Waals surface area (Å²) >= 11 is 5.98. The SMILES string of the molecule is NCC1CCC(c2nc(-c3cccc(Cl)c3)no2)CC1. The van der Waals surface area contributed by atoms with Gasteiger partial charge < -0.3 is 10.3 Å². The lowest BCUT2D eigenvalue weighted by atomic mass is 9.82. The first-order valence-electron chi connectivity index (χ1n) is 7.06. The predicted octanol–water partition coefficient (Wildman–Crippen LogP) is 3.62. The molecule has 5 heteroatoms. The van der Waals surface area contributed by atoms with Crippen molar-refractivity contribution in [3.63, 3.8) is 0 Å². The van der Waals surface area contributed by atoms with E-state index in [1.165, 1.54) is 0 Å². The number of hydrogen-bond donors (Lipinski definition) is 1. The first kappa shape index (κ1) is 13.6. The van der Waals surface area contributed by atoms with Crippen molar-refractivity contribution in [2.75, 3.05) is 6.54 Å². The summed E-state index contributed by atoms with van der Waals surface area (Å²) in [5.41, 5.74) is 6.61. The Morgan fingerprint density at radius 2 is 2.05 bits per heavy atom. The van der Waals surface area contributed by atoms with Crippen LogP contribution in [0.25, 0.3) is 11.4 Å². The smallest absolute Gasteiger partial charge is 0.230 e. The lowest BCUT2D eigenvalue weighted by molar-refractivity contribution is 0.275. The predicted molar refractivity (Wildman–Crippen MR) is 78.5 cm³/mol. The van der Waals surface area contributed by atoms with Gasteiger partial charge in [-0.25, -0.2) is 0 Å². The Bertz CT molecular complexity index is 576. The summed E-state index contributed by atoms with van der Waals surface area (Å²) in [4.78, 5) is 4.53. The monoisotopic (exact) mass is 291 g/mol. The second-order valence-electron chi connectivity index (χ2n) is 5.42. The van der Waals surface area contributed by atoms with Crippen LogP contribution in [-0.4, -0.2) is 16.7 Å². The first-order chi connectivity index (χ1) is 9.76. The molecule has 0 saturated heterocycles. The van der Waals surface area contributed by atoms with Gasteiger partial charge in [-0.05, 0) is 50.3 Å². The topological polar surface area (TPSA) is 64.9 Å². The zero-order valence-corrected chi connectivity index (χ0v) is 12.0. The summed E-state index contributed by atoms with van der Waals surface area (Å²) < 4.78 is 5.43. The van der Waals surface area contributed by atoms with Crippen molar-refractivity contribution < 1.29 is 4.52 Å². The molecule has 0 aliphatic heterocycles.